The normalized spacial score (nSPS) is 32.2. The molecule has 2 aliphatic rings. The average molecular weight is 315 g/mol. The largest absolute Gasteiger partial charge is 0.339 e. The van der Waals surface area contributed by atoms with Gasteiger partial charge in [0.25, 0.3) is 0 Å². The lowest BCUT2D eigenvalue weighted by Crippen LogP contribution is -2.45. The van der Waals surface area contributed by atoms with Crippen LogP contribution in [-0.4, -0.2) is 25.3 Å². The third-order valence-electron chi connectivity index (χ3n) is 4.56. The molecule has 0 radical (unpaired) electrons. The predicted octanol–water partition coefficient (Wildman–Crippen LogP) is 3.51. The summed E-state index contributed by atoms with van der Waals surface area (Å²) >= 11 is 1.69. The molecule has 0 amide bonds. The molecule has 2 aliphatic heterocycles. The summed E-state index contributed by atoms with van der Waals surface area (Å²) in [6.45, 7) is 1.73. The number of thiophene rings is 1. The van der Waals surface area contributed by atoms with Crippen molar-refractivity contribution >= 4 is 11.3 Å². The Morgan fingerprint density at radius 2 is 2.00 bits per heavy atom. The minimum absolute atomic E-state index is 0.114. The SMILES string of the molecule is c1ccc(C2(c3cccs3)OCC(C3CCCCN3)O2)cc1. The van der Waals surface area contributed by atoms with Gasteiger partial charge in [0.15, 0.2) is 0 Å². The molecule has 1 aromatic carbocycles. The van der Waals surface area contributed by atoms with Gasteiger partial charge < -0.3 is 14.8 Å². The van der Waals surface area contributed by atoms with Gasteiger partial charge in [-0.1, -0.05) is 42.8 Å². The van der Waals surface area contributed by atoms with E-state index in [0.717, 1.165) is 17.0 Å². The zero-order chi connectivity index (χ0) is 14.8. The zero-order valence-electron chi connectivity index (χ0n) is 12.5. The molecule has 0 aliphatic carbocycles. The molecule has 1 N–H and O–H groups in total. The van der Waals surface area contributed by atoms with E-state index in [9.17, 15) is 0 Å². The Bertz CT molecular complexity index is 595. The van der Waals surface area contributed by atoms with Crippen LogP contribution in [-0.2, 0) is 15.3 Å². The van der Waals surface area contributed by atoms with E-state index in [4.69, 9.17) is 9.47 Å². The molecule has 2 saturated heterocycles. The first-order chi connectivity index (χ1) is 10.9. The van der Waals surface area contributed by atoms with E-state index in [1.54, 1.807) is 11.3 Å². The molecule has 3 unspecified atom stereocenters. The van der Waals surface area contributed by atoms with Crippen LogP contribution in [0.1, 0.15) is 29.7 Å². The Morgan fingerprint density at radius 3 is 2.73 bits per heavy atom. The van der Waals surface area contributed by atoms with Crippen molar-refractivity contribution in [1.29, 1.82) is 0 Å². The first-order valence-electron chi connectivity index (χ1n) is 8.03. The van der Waals surface area contributed by atoms with Gasteiger partial charge in [-0.15, -0.1) is 11.3 Å². The van der Waals surface area contributed by atoms with Crippen molar-refractivity contribution in [2.45, 2.75) is 37.2 Å². The summed E-state index contributed by atoms with van der Waals surface area (Å²) in [5.41, 5.74) is 1.08. The van der Waals surface area contributed by atoms with Gasteiger partial charge in [0.1, 0.15) is 6.10 Å². The highest BCUT2D eigenvalue weighted by molar-refractivity contribution is 7.10. The fraction of sp³-hybridized carbons (Fsp3) is 0.444. The average Bonchev–Trinajstić information content (AvgIpc) is 3.27. The number of benzene rings is 1. The summed E-state index contributed by atoms with van der Waals surface area (Å²) in [6, 6.07) is 14.9. The summed E-state index contributed by atoms with van der Waals surface area (Å²) < 4.78 is 12.8. The molecule has 4 heteroatoms. The Hall–Kier alpha value is -1.20. The van der Waals surface area contributed by atoms with Crippen LogP contribution in [0.3, 0.4) is 0 Å². The molecule has 3 heterocycles. The van der Waals surface area contributed by atoms with E-state index < -0.39 is 5.79 Å². The van der Waals surface area contributed by atoms with Crippen molar-refractivity contribution in [3.63, 3.8) is 0 Å². The molecule has 116 valence electrons. The van der Waals surface area contributed by atoms with Crippen LogP contribution >= 0.6 is 11.3 Å². The predicted molar refractivity (Wildman–Crippen MR) is 88.0 cm³/mol. The van der Waals surface area contributed by atoms with Crippen LogP contribution in [0.2, 0.25) is 0 Å². The maximum atomic E-state index is 6.54. The van der Waals surface area contributed by atoms with E-state index in [1.807, 2.05) is 18.2 Å². The fourth-order valence-electron chi connectivity index (χ4n) is 3.42. The second-order valence-corrected chi connectivity index (χ2v) is 6.93. The Balaban J connectivity index is 1.66. The lowest BCUT2D eigenvalue weighted by molar-refractivity contribution is -0.144. The van der Waals surface area contributed by atoms with Crippen LogP contribution in [0.15, 0.2) is 47.8 Å². The number of rotatable bonds is 3. The van der Waals surface area contributed by atoms with Crippen LogP contribution in [0, 0.1) is 0 Å². The summed E-state index contributed by atoms with van der Waals surface area (Å²) in [5.74, 6) is -0.737. The Kier molecular flexibility index (Phi) is 4.01. The molecule has 3 atom stereocenters. The number of hydrogen-bond donors (Lipinski definition) is 1. The van der Waals surface area contributed by atoms with Crippen molar-refractivity contribution in [1.82, 2.24) is 5.32 Å². The second-order valence-electron chi connectivity index (χ2n) is 5.98. The first-order valence-corrected chi connectivity index (χ1v) is 8.91. The zero-order valence-corrected chi connectivity index (χ0v) is 13.4. The molecule has 2 aromatic rings. The number of piperidine rings is 1. The first kappa shape index (κ1) is 14.4. The van der Waals surface area contributed by atoms with Gasteiger partial charge in [0, 0.05) is 11.6 Å². The third kappa shape index (κ3) is 2.50. The van der Waals surface area contributed by atoms with Crippen molar-refractivity contribution in [3.8, 4) is 0 Å². The maximum Gasteiger partial charge on any atom is 0.232 e. The Morgan fingerprint density at radius 1 is 1.09 bits per heavy atom. The van der Waals surface area contributed by atoms with E-state index in [2.05, 4.69) is 35.0 Å². The van der Waals surface area contributed by atoms with Crippen molar-refractivity contribution in [3.05, 3.63) is 58.3 Å². The van der Waals surface area contributed by atoms with E-state index in [1.165, 1.54) is 19.3 Å². The topological polar surface area (TPSA) is 30.5 Å². The minimum atomic E-state index is -0.737. The fourth-order valence-corrected chi connectivity index (χ4v) is 4.26. The minimum Gasteiger partial charge on any atom is -0.339 e. The van der Waals surface area contributed by atoms with Gasteiger partial charge in [-0.2, -0.15) is 0 Å². The highest BCUT2D eigenvalue weighted by atomic mass is 32.1. The molecule has 0 bridgehead atoms. The smallest absolute Gasteiger partial charge is 0.232 e. The van der Waals surface area contributed by atoms with Gasteiger partial charge in [-0.05, 0) is 30.8 Å². The van der Waals surface area contributed by atoms with E-state index in [-0.39, 0.29) is 6.10 Å². The molecule has 1 aromatic heterocycles. The molecule has 0 spiro atoms. The highest BCUT2D eigenvalue weighted by Crippen LogP contribution is 2.43. The number of nitrogens with one attached hydrogen (secondary N) is 1. The molecule has 4 rings (SSSR count). The standard InChI is InChI=1S/C18H21NO2S/c1-2-7-14(8-3-1)18(17-10-6-12-22-17)20-13-16(21-18)15-9-4-5-11-19-15/h1-3,6-8,10,12,15-16,19H,4-5,9,11,13H2. The highest BCUT2D eigenvalue weighted by Gasteiger charge is 2.47. The molecular formula is C18H21NO2S. The lowest BCUT2D eigenvalue weighted by atomic mass is 10.00. The Labute approximate surface area is 135 Å². The summed E-state index contributed by atoms with van der Waals surface area (Å²) in [7, 11) is 0. The van der Waals surface area contributed by atoms with Crippen molar-refractivity contribution in [2.24, 2.45) is 0 Å². The van der Waals surface area contributed by atoms with Crippen LogP contribution < -0.4 is 5.32 Å². The van der Waals surface area contributed by atoms with Gasteiger partial charge >= 0.3 is 0 Å². The van der Waals surface area contributed by atoms with Gasteiger partial charge in [-0.3, -0.25) is 0 Å². The van der Waals surface area contributed by atoms with E-state index in [0.29, 0.717) is 12.6 Å². The third-order valence-corrected chi connectivity index (χ3v) is 5.52. The lowest BCUT2D eigenvalue weighted by Gasteiger charge is -2.31. The maximum absolute atomic E-state index is 6.54. The molecule has 22 heavy (non-hydrogen) atoms. The summed E-state index contributed by atoms with van der Waals surface area (Å²) in [4.78, 5) is 1.12. The summed E-state index contributed by atoms with van der Waals surface area (Å²) in [5, 5.41) is 5.68. The van der Waals surface area contributed by atoms with Gasteiger partial charge in [-0.25, -0.2) is 0 Å². The van der Waals surface area contributed by atoms with Crippen molar-refractivity contribution in [2.75, 3.05) is 13.2 Å². The summed E-state index contributed by atoms with van der Waals surface area (Å²) in [6.07, 6.45) is 3.82. The van der Waals surface area contributed by atoms with Crippen molar-refractivity contribution < 1.29 is 9.47 Å². The second kappa shape index (κ2) is 6.13. The molecular weight excluding hydrogens is 294 g/mol. The molecule has 2 fully saturated rings. The number of ether oxygens (including phenoxy) is 2. The van der Waals surface area contributed by atoms with Gasteiger partial charge in [0.2, 0.25) is 5.79 Å². The van der Waals surface area contributed by atoms with Crippen LogP contribution in [0.5, 0.6) is 0 Å². The monoisotopic (exact) mass is 315 g/mol. The number of hydrogen-bond acceptors (Lipinski definition) is 4. The van der Waals surface area contributed by atoms with Crippen LogP contribution in [0.25, 0.3) is 0 Å². The molecule has 0 saturated carbocycles. The van der Waals surface area contributed by atoms with E-state index >= 15 is 0 Å². The molecule has 3 nitrogen and oxygen atoms in total. The quantitative estimate of drug-likeness (QED) is 0.940. The van der Waals surface area contributed by atoms with Gasteiger partial charge in [0.05, 0.1) is 11.5 Å². The van der Waals surface area contributed by atoms with Crippen LogP contribution in [0.4, 0.5) is 0 Å².